The largest absolute Gasteiger partial charge is 0.497 e. The molecule has 148 valence electrons. The zero-order chi connectivity index (χ0) is 19.8. The molecular formula is C20H31N5O2. The standard InChI is InChI=1S/C20H31N5O2/c1-14(27-18-9-7-8-17(12-18)26-6)13-23-20(21-4)22-11-10-19-15(2)24-25(5)16(19)3/h7-9,12,14H,10-11,13H2,1-6H3,(H2,21,22,23). The molecule has 2 aromatic rings. The summed E-state index contributed by atoms with van der Waals surface area (Å²) in [7, 11) is 5.39. The van der Waals surface area contributed by atoms with Crippen molar-refractivity contribution in [2.75, 3.05) is 27.2 Å². The van der Waals surface area contributed by atoms with Crippen LogP contribution in [0.1, 0.15) is 23.9 Å². The van der Waals surface area contributed by atoms with Crippen LogP contribution in [0, 0.1) is 13.8 Å². The van der Waals surface area contributed by atoms with Gasteiger partial charge in [-0.15, -0.1) is 0 Å². The smallest absolute Gasteiger partial charge is 0.191 e. The van der Waals surface area contributed by atoms with Crippen LogP contribution in [0.5, 0.6) is 11.5 Å². The Hall–Kier alpha value is -2.70. The molecule has 1 aromatic carbocycles. The lowest BCUT2D eigenvalue weighted by atomic mass is 10.1. The Kier molecular flexibility index (Phi) is 7.52. The number of hydrogen-bond acceptors (Lipinski definition) is 4. The predicted octanol–water partition coefficient (Wildman–Crippen LogP) is 2.22. The Morgan fingerprint density at radius 1 is 1.26 bits per heavy atom. The molecule has 1 heterocycles. The van der Waals surface area contributed by atoms with Gasteiger partial charge in [0.1, 0.15) is 17.6 Å². The first-order valence-electron chi connectivity index (χ1n) is 9.19. The Morgan fingerprint density at radius 2 is 2.00 bits per heavy atom. The summed E-state index contributed by atoms with van der Waals surface area (Å²) in [5.74, 6) is 2.33. The zero-order valence-corrected chi connectivity index (χ0v) is 17.2. The second-order valence-corrected chi connectivity index (χ2v) is 6.51. The highest BCUT2D eigenvalue weighted by Gasteiger charge is 2.10. The number of guanidine groups is 1. The molecule has 0 amide bonds. The van der Waals surface area contributed by atoms with Crippen LogP contribution in [0.4, 0.5) is 0 Å². The normalized spacial score (nSPS) is 12.6. The maximum Gasteiger partial charge on any atom is 0.191 e. The predicted molar refractivity (Wildman–Crippen MR) is 109 cm³/mol. The Labute approximate surface area is 161 Å². The molecule has 1 unspecified atom stereocenters. The van der Waals surface area contributed by atoms with Gasteiger partial charge in [-0.3, -0.25) is 9.67 Å². The van der Waals surface area contributed by atoms with E-state index in [0.717, 1.165) is 36.1 Å². The summed E-state index contributed by atoms with van der Waals surface area (Å²) in [6.07, 6.45) is 0.890. The summed E-state index contributed by atoms with van der Waals surface area (Å²) >= 11 is 0. The summed E-state index contributed by atoms with van der Waals surface area (Å²) in [6, 6.07) is 7.61. The van der Waals surface area contributed by atoms with Crippen LogP contribution in [0.2, 0.25) is 0 Å². The van der Waals surface area contributed by atoms with Gasteiger partial charge in [-0.1, -0.05) is 6.07 Å². The number of benzene rings is 1. The lowest BCUT2D eigenvalue weighted by Gasteiger charge is -2.18. The molecule has 2 rings (SSSR count). The van der Waals surface area contributed by atoms with E-state index in [4.69, 9.17) is 9.47 Å². The van der Waals surface area contributed by atoms with Crippen LogP contribution in [0.15, 0.2) is 29.3 Å². The summed E-state index contributed by atoms with van der Waals surface area (Å²) in [5.41, 5.74) is 3.58. The van der Waals surface area contributed by atoms with Crippen LogP contribution < -0.4 is 20.1 Å². The number of aryl methyl sites for hydroxylation is 2. The van der Waals surface area contributed by atoms with E-state index >= 15 is 0 Å². The zero-order valence-electron chi connectivity index (χ0n) is 17.2. The van der Waals surface area contributed by atoms with Gasteiger partial charge in [-0.2, -0.15) is 5.10 Å². The van der Waals surface area contributed by atoms with Crippen molar-refractivity contribution < 1.29 is 9.47 Å². The van der Waals surface area contributed by atoms with Crippen LogP contribution in [-0.2, 0) is 13.5 Å². The fourth-order valence-electron chi connectivity index (χ4n) is 2.89. The maximum absolute atomic E-state index is 5.92. The second-order valence-electron chi connectivity index (χ2n) is 6.51. The molecule has 0 aliphatic rings. The summed E-state index contributed by atoms with van der Waals surface area (Å²) < 4.78 is 13.1. The van der Waals surface area contributed by atoms with Crippen molar-refractivity contribution in [3.8, 4) is 11.5 Å². The van der Waals surface area contributed by atoms with Crippen molar-refractivity contribution >= 4 is 5.96 Å². The minimum atomic E-state index is -0.0153. The van der Waals surface area contributed by atoms with Gasteiger partial charge in [0.2, 0.25) is 0 Å². The molecular weight excluding hydrogens is 342 g/mol. The van der Waals surface area contributed by atoms with Crippen molar-refractivity contribution in [2.45, 2.75) is 33.3 Å². The first kappa shape index (κ1) is 20.6. The van der Waals surface area contributed by atoms with E-state index in [0.29, 0.717) is 6.54 Å². The van der Waals surface area contributed by atoms with E-state index in [1.165, 1.54) is 11.3 Å². The third-order valence-corrected chi connectivity index (χ3v) is 4.49. The average molecular weight is 374 g/mol. The van der Waals surface area contributed by atoms with Gasteiger partial charge >= 0.3 is 0 Å². The van der Waals surface area contributed by atoms with Crippen molar-refractivity contribution in [1.82, 2.24) is 20.4 Å². The van der Waals surface area contributed by atoms with Crippen LogP contribution in [0.25, 0.3) is 0 Å². The van der Waals surface area contributed by atoms with Gasteiger partial charge in [-0.05, 0) is 44.9 Å². The molecule has 7 nitrogen and oxygen atoms in total. The van der Waals surface area contributed by atoms with Gasteiger partial charge in [0.15, 0.2) is 5.96 Å². The van der Waals surface area contributed by atoms with Gasteiger partial charge in [0.05, 0.1) is 19.3 Å². The summed E-state index contributed by atoms with van der Waals surface area (Å²) in [5, 5.41) is 11.1. The van der Waals surface area contributed by atoms with Crippen LogP contribution >= 0.6 is 0 Å². The topological polar surface area (TPSA) is 72.7 Å². The molecule has 0 spiro atoms. The van der Waals surface area contributed by atoms with Crippen molar-refractivity contribution in [2.24, 2.45) is 12.0 Å². The number of aromatic nitrogens is 2. The highest BCUT2D eigenvalue weighted by atomic mass is 16.5. The molecule has 1 atom stereocenters. The quantitative estimate of drug-likeness (QED) is 0.548. The number of nitrogens with zero attached hydrogens (tertiary/aromatic N) is 3. The van der Waals surface area contributed by atoms with Crippen molar-refractivity contribution in [1.29, 1.82) is 0 Å². The fraction of sp³-hybridized carbons (Fsp3) is 0.500. The second kappa shape index (κ2) is 9.85. The number of nitrogens with one attached hydrogen (secondary N) is 2. The average Bonchev–Trinajstić information content (AvgIpc) is 2.90. The third kappa shape index (κ3) is 5.91. The first-order chi connectivity index (χ1) is 12.9. The SMILES string of the molecule is CN=C(NCCc1c(C)nn(C)c1C)NCC(C)Oc1cccc(OC)c1. The number of hydrogen-bond donors (Lipinski definition) is 2. The lowest BCUT2D eigenvalue weighted by Crippen LogP contribution is -2.42. The first-order valence-corrected chi connectivity index (χ1v) is 9.19. The van der Waals surface area contributed by atoms with E-state index in [-0.39, 0.29) is 6.10 Å². The Bertz CT molecular complexity index is 770. The van der Waals surface area contributed by atoms with Gasteiger partial charge in [-0.25, -0.2) is 0 Å². The van der Waals surface area contributed by atoms with Gasteiger partial charge in [0, 0.05) is 32.4 Å². The molecule has 0 radical (unpaired) electrons. The molecule has 0 saturated heterocycles. The third-order valence-electron chi connectivity index (χ3n) is 4.49. The molecule has 7 heteroatoms. The summed E-state index contributed by atoms with van der Waals surface area (Å²) in [6.45, 7) is 7.59. The minimum absolute atomic E-state index is 0.0153. The number of rotatable bonds is 8. The molecule has 1 aromatic heterocycles. The number of ether oxygens (including phenoxy) is 2. The molecule has 27 heavy (non-hydrogen) atoms. The molecule has 0 bridgehead atoms. The molecule has 0 aliphatic heterocycles. The molecule has 0 saturated carbocycles. The number of methoxy groups -OCH3 is 1. The van der Waals surface area contributed by atoms with E-state index in [1.807, 2.05) is 49.8 Å². The van der Waals surface area contributed by atoms with Gasteiger partial charge in [0.25, 0.3) is 0 Å². The molecule has 0 aliphatic carbocycles. The Morgan fingerprint density at radius 3 is 2.63 bits per heavy atom. The van der Waals surface area contributed by atoms with E-state index in [1.54, 1.807) is 14.2 Å². The molecule has 2 N–H and O–H groups in total. The Balaban J connectivity index is 1.77. The highest BCUT2D eigenvalue weighted by molar-refractivity contribution is 5.79. The van der Waals surface area contributed by atoms with E-state index in [2.05, 4.69) is 27.6 Å². The fourth-order valence-corrected chi connectivity index (χ4v) is 2.89. The lowest BCUT2D eigenvalue weighted by molar-refractivity contribution is 0.223. The van der Waals surface area contributed by atoms with Gasteiger partial charge < -0.3 is 20.1 Å². The van der Waals surface area contributed by atoms with Crippen molar-refractivity contribution in [3.63, 3.8) is 0 Å². The summed E-state index contributed by atoms with van der Waals surface area (Å²) in [4.78, 5) is 4.27. The number of aliphatic imine (C=N–C) groups is 1. The van der Waals surface area contributed by atoms with Crippen molar-refractivity contribution in [3.05, 3.63) is 41.2 Å². The molecule has 0 fully saturated rings. The van der Waals surface area contributed by atoms with E-state index < -0.39 is 0 Å². The van der Waals surface area contributed by atoms with E-state index in [9.17, 15) is 0 Å². The highest BCUT2D eigenvalue weighted by Crippen LogP contribution is 2.19. The van der Waals surface area contributed by atoms with Crippen LogP contribution in [-0.4, -0.2) is 49.1 Å². The maximum atomic E-state index is 5.92. The minimum Gasteiger partial charge on any atom is -0.497 e. The van der Waals surface area contributed by atoms with Crippen LogP contribution in [0.3, 0.4) is 0 Å². The monoisotopic (exact) mass is 373 g/mol.